The molecule has 0 radical (unpaired) electrons. The zero-order valence-corrected chi connectivity index (χ0v) is 10.5. The number of benzene rings is 2. The molecule has 0 amide bonds. The summed E-state index contributed by atoms with van der Waals surface area (Å²) in [7, 11) is 0. The van der Waals surface area contributed by atoms with Gasteiger partial charge in [0.2, 0.25) is 0 Å². The highest BCUT2D eigenvalue weighted by Gasteiger charge is 2.09. The summed E-state index contributed by atoms with van der Waals surface area (Å²) in [5, 5.41) is 4.35. The number of nitrogens with zero attached hydrogens (tertiary/aromatic N) is 2. The summed E-state index contributed by atoms with van der Waals surface area (Å²) >= 11 is 0. The van der Waals surface area contributed by atoms with E-state index in [0.29, 0.717) is 0 Å². The van der Waals surface area contributed by atoms with Gasteiger partial charge in [0.25, 0.3) is 0 Å². The van der Waals surface area contributed by atoms with E-state index in [0.717, 1.165) is 22.5 Å². The van der Waals surface area contributed by atoms with Crippen LogP contribution in [0.4, 0.5) is 4.39 Å². The molecule has 3 aromatic rings. The summed E-state index contributed by atoms with van der Waals surface area (Å²) in [6, 6.07) is 16.7. The van der Waals surface area contributed by atoms with Crippen molar-refractivity contribution in [2.24, 2.45) is 0 Å². The first-order valence-electron chi connectivity index (χ1n) is 6.12. The monoisotopic (exact) mass is 252 g/mol. The lowest BCUT2D eigenvalue weighted by molar-refractivity contribution is 0.625. The van der Waals surface area contributed by atoms with Crippen LogP contribution in [0.15, 0.2) is 60.8 Å². The van der Waals surface area contributed by atoms with Crippen LogP contribution in [0, 0.1) is 12.7 Å². The Balaban J connectivity index is 2.15. The van der Waals surface area contributed by atoms with Gasteiger partial charge in [-0.15, -0.1) is 0 Å². The molecular formula is C16H13FN2. The van der Waals surface area contributed by atoms with Crippen molar-refractivity contribution in [3.05, 3.63) is 72.2 Å². The van der Waals surface area contributed by atoms with Gasteiger partial charge >= 0.3 is 0 Å². The third-order valence-corrected chi connectivity index (χ3v) is 3.10. The SMILES string of the molecule is Cc1cc(F)ccc1-n1nccc1-c1ccccc1. The van der Waals surface area contributed by atoms with Crippen molar-refractivity contribution in [3.8, 4) is 16.9 Å². The number of halogens is 1. The maximum atomic E-state index is 13.2. The zero-order chi connectivity index (χ0) is 13.2. The predicted octanol–water partition coefficient (Wildman–Crippen LogP) is 3.99. The van der Waals surface area contributed by atoms with Crippen molar-refractivity contribution in [1.29, 1.82) is 0 Å². The third kappa shape index (κ3) is 2.15. The van der Waals surface area contributed by atoms with E-state index in [1.807, 2.05) is 48.0 Å². The minimum atomic E-state index is -0.227. The Morgan fingerprint density at radius 2 is 1.79 bits per heavy atom. The molecule has 0 aliphatic heterocycles. The van der Waals surface area contributed by atoms with E-state index in [1.54, 1.807) is 12.3 Å². The minimum absolute atomic E-state index is 0.227. The summed E-state index contributed by atoms with van der Waals surface area (Å²) < 4.78 is 15.0. The van der Waals surface area contributed by atoms with Gasteiger partial charge in [-0.25, -0.2) is 9.07 Å². The number of aryl methyl sites for hydroxylation is 1. The van der Waals surface area contributed by atoms with E-state index in [4.69, 9.17) is 0 Å². The summed E-state index contributed by atoms with van der Waals surface area (Å²) in [5.74, 6) is -0.227. The molecule has 0 spiro atoms. The lowest BCUT2D eigenvalue weighted by Crippen LogP contribution is -2.01. The van der Waals surface area contributed by atoms with Crippen molar-refractivity contribution in [2.45, 2.75) is 6.92 Å². The van der Waals surface area contributed by atoms with E-state index in [1.165, 1.54) is 12.1 Å². The average Bonchev–Trinajstić information content (AvgIpc) is 2.89. The number of aromatic nitrogens is 2. The molecule has 0 N–H and O–H groups in total. The first-order valence-corrected chi connectivity index (χ1v) is 6.12. The van der Waals surface area contributed by atoms with Crippen LogP contribution < -0.4 is 0 Å². The van der Waals surface area contributed by atoms with Crippen LogP contribution in [0.5, 0.6) is 0 Å². The number of rotatable bonds is 2. The van der Waals surface area contributed by atoms with Crippen LogP contribution in [-0.2, 0) is 0 Å². The molecule has 3 rings (SSSR count). The Labute approximate surface area is 111 Å². The summed E-state index contributed by atoms with van der Waals surface area (Å²) in [6.45, 7) is 1.88. The number of hydrogen-bond donors (Lipinski definition) is 0. The van der Waals surface area contributed by atoms with Crippen LogP contribution in [0.1, 0.15) is 5.56 Å². The average molecular weight is 252 g/mol. The van der Waals surface area contributed by atoms with Gasteiger partial charge in [0.1, 0.15) is 5.82 Å². The molecule has 2 aromatic carbocycles. The Morgan fingerprint density at radius 3 is 2.53 bits per heavy atom. The summed E-state index contributed by atoms with van der Waals surface area (Å²) in [6.07, 6.45) is 1.76. The summed E-state index contributed by atoms with van der Waals surface area (Å²) in [4.78, 5) is 0. The van der Waals surface area contributed by atoms with Crippen molar-refractivity contribution >= 4 is 0 Å². The maximum absolute atomic E-state index is 13.2. The molecule has 2 nitrogen and oxygen atoms in total. The number of hydrogen-bond acceptors (Lipinski definition) is 1. The second-order valence-electron chi connectivity index (χ2n) is 4.43. The molecule has 0 aliphatic rings. The van der Waals surface area contributed by atoms with Crippen LogP contribution in [-0.4, -0.2) is 9.78 Å². The van der Waals surface area contributed by atoms with Crippen molar-refractivity contribution in [1.82, 2.24) is 9.78 Å². The molecule has 3 heteroatoms. The quantitative estimate of drug-likeness (QED) is 0.674. The van der Waals surface area contributed by atoms with Gasteiger partial charge in [0, 0.05) is 5.56 Å². The molecule has 1 aromatic heterocycles. The standard InChI is InChI=1S/C16H13FN2/c1-12-11-14(17)7-8-15(12)19-16(9-10-18-19)13-5-3-2-4-6-13/h2-11H,1H3. The second kappa shape index (κ2) is 4.69. The Hall–Kier alpha value is -2.42. The Kier molecular flexibility index (Phi) is 2.88. The van der Waals surface area contributed by atoms with Gasteiger partial charge in [0.15, 0.2) is 0 Å². The first kappa shape index (κ1) is 11.7. The van der Waals surface area contributed by atoms with Crippen LogP contribution in [0.3, 0.4) is 0 Å². The summed E-state index contributed by atoms with van der Waals surface area (Å²) in [5.41, 5.74) is 3.84. The fraction of sp³-hybridized carbons (Fsp3) is 0.0625. The molecule has 0 aliphatic carbocycles. The fourth-order valence-corrected chi connectivity index (χ4v) is 2.18. The van der Waals surface area contributed by atoms with Gasteiger partial charge < -0.3 is 0 Å². The lowest BCUT2D eigenvalue weighted by atomic mass is 10.1. The van der Waals surface area contributed by atoms with Crippen LogP contribution in [0.25, 0.3) is 16.9 Å². The van der Waals surface area contributed by atoms with Crippen LogP contribution in [0.2, 0.25) is 0 Å². The van der Waals surface area contributed by atoms with Gasteiger partial charge in [-0.2, -0.15) is 5.10 Å². The van der Waals surface area contributed by atoms with Crippen molar-refractivity contribution in [2.75, 3.05) is 0 Å². The van der Waals surface area contributed by atoms with Gasteiger partial charge in [-0.05, 0) is 36.8 Å². The predicted molar refractivity (Wildman–Crippen MR) is 73.7 cm³/mol. The topological polar surface area (TPSA) is 17.8 Å². The lowest BCUT2D eigenvalue weighted by Gasteiger charge is -2.10. The molecular weight excluding hydrogens is 239 g/mol. The second-order valence-corrected chi connectivity index (χ2v) is 4.43. The highest BCUT2D eigenvalue weighted by atomic mass is 19.1. The third-order valence-electron chi connectivity index (χ3n) is 3.10. The van der Waals surface area contributed by atoms with Crippen molar-refractivity contribution in [3.63, 3.8) is 0 Å². The van der Waals surface area contributed by atoms with E-state index < -0.39 is 0 Å². The molecule has 0 unspecified atom stereocenters. The van der Waals surface area contributed by atoms with E-state index >= 15 is 0 Å². The molecule has 0 atom stereocenters. The maximum Gasteiger partial charge on any atom is 0.123 e. The smallest absolute Gasteiger partial charge is 0.123 e. The Morgan fingerprint density at radius 1 is 1.00 bits per heavy atom. The van der Waals surface area contributed by atoms with Crippen LogP contribution >= 0.6 is 0 Å². The van der Waals surface area contributed by atoms with Gasteiger partial charge in [-0.3, -0.25) is 0 Å². The molecule has 0 bridgehead atoms. The van der Waals surface area contributed by atoms with Gasteiger partial charge in [0.05, 0.1) is 17.6 Å². The highest BCUT2D eigenvalue weighted by molar-refractivity contribution is 5.62. The molecule has 19 heavy (non-hydrogen) atoms. The first-order chi connectivity index (χ1) is 9.25. The van der Waals surface area contributed by atoms with Crippen molar-refractivity contribution < 1.29 is 4.39 Å². The molecule has 0 saturated heterocycles. The normalized spacial score (nSPS) is 10.6. The minimum Gasteiger partial charge on any atom is -0.233 e. The Bertz CT molecular complexity index is 702. The molecule has 94 valence electrons. The van der Waals surface area contributed by atoms with E-state index in [-0.39, 0.29) is 5.82 Å². The largest absolute Gasteiger partial charge is 0.233 e. The molecule has 0 fully saturated rings. The molecule has 0 saturated carbocycles. The van der Waals surface area contributed by atoms with E-state index in [2.05, 4.69) is 5.10 Å². The van der Waals surface area contributed by atoms with Gasteiger partial charge in [-0.1, -0.05) is 30.3 Å². The highest BCUT2D eigenvalue weighted by Crippen LogP contribution is 2.24. The van der Waals surface area contributed by atoms with E-state index in [9.17, 15) is 4.39 Å². The fourth-order valence-electron chi connectivity index (χ4n) is 2.18. The zero-order valence-electron chi connectivity index (χ0n) is 10.5. The molecule has 1 heterocycles.